The van der Waals surface area contributed by atoms with Crippen LogP contribution in [0.15, 0.2) is 47.0 Å². The highest BCUT2D eigenvalue weighted by Gasteiger charge is 2.14. The second-order valence-electron chi connectivity index (χ2n) is 7.33. The summed E-state index contributed by atoms with van der Waals surface area (Å²) >= 11 is 0. The highest BCUT2D eigenvalue weighted by atomic mass is 16.3. The number of pyridine rings is 1. The number of aromatic nitrogens is 1. The third kappa shape index (κ3) is 3.79. The summed E-state index contributed by atoms with van der Waals surface area (Å²) in [6.07, 6.45) is 8.59. The molecule has 5 heteroatoms. The molecule has 4 rings (SSSR count). The van der Waals surface area contributed by atoms with Gasteiger partial charge in [-0.15, -0.1) is 0 Å². The number of benzene rings is 1. The van der Waals surface area contributed by atoms with Crippen molar-refractivity contribution in [1.82, 2.24) is 9.88 Å². The van der Waals surface area contributed by atoms with Gasteiger partial charge in [-0.25, -0.2) is 4.98 Å². The van der Waals surface area contributed by atoms with Gasteiger partial charge in [0.15, 0.2) is 0 Å². The van der Waals surface area contributed by atoms with Crippen molar-refractivity contribution in [3.05, 3.63) is 65.1 Å². The molecule has 3 aromatic rings. The topological polar surface area (TPSA) is 58.4 Å². The van der Waals surface area contributed by atoms with E-state index in [4.69, 9.17) is 4.42 Å². The standard InChI is InChI=1S/C23H25N3O2/c1-16-19-8-3-4-9-20(19)28-21(16)15-26(2)22(27)11-10-17-13-18-7-5-6-12-24-23(18)25-14-17/h3-4,8-11,13-14H,5-7,12,15H2,1-2H3,(H,24,25)/b11-10+. The molecule has 0 spiro atoms. The van der Waals surface area contributed by atoms with Gasteiger partial charge in [0, 0.05) is 36.8 Å². The van der Waals surface area contributed by atoms with E-state index in [0.717, 1.165) is 59.5 Å². The molecule has 5 nitrogen and oxygen atoms in total. The maximum Gasteiger partial charge on any atom is 0.246 e. The molecular formula is C23H25N3O2. The van der Waals surface area contributed by atoms with Crippen molar-refractivity contribution >= 4 is 28.8 Å². The molecule has 144 valence electrons. The lowest BCUT2D eigenvalue weighted by Gasteiger charge is -2.14. The predicted octanol–water partition coefficient (Wildman–Crippen LogP) is 4.56. The van der Waals surface area contributed by atoms with Crippen LogP contribution in [0.3, 0.4) is 0 Å². The summed E-state index contributed by atoms with van der Waals surface area (Å²) in [5.74, 6) is 1.73. The Kier molecular flexibility index (Phi) is 5.15. The SMILES string of the molecule is Cc1c(CN(C)C(=O)/C=C/c2cnc3c(c2)CCCCN3)oc2ccccc12. The smallest absolute Gasteiger partial charge is 0.246 e. The minimum absolute atomic E-state index is 0.0621. The van der Waals surface area contributed by atoms with E-state index in [0.29, 0.717) is 6.54 Å². The van der Waals surface area contributed by atoms with Crippen LogP contribution in [0.1, 0.15) is 35.3 Å². The van der Waals surface area contributed by atoms with E-state index in [1.54, 1.807) is 18.0 Å². The van der Waals surface area contributed by atoms with E-state index >= 15 is 0 Å². The molecule has 0 saturated carbocycles. The molecule has 1 aliphatic rings. The fourth-order valence-electron chi connectivity index (χ4n) is 3.58. The van der Waals surface area contributed by atoms with Gasteiger partial charge < -0.3 is 14.6 Å². The van der Waals surface area contributed by atoms with E-state index in [1.807, 2.05) is 43.5 Å². The molecule has 3 heterocycles. The Hall–Kier alpha value is -3.08. The van der Waals surface area contributed by atoms with Crippen LogP contribution in [0.5, 0.6) is 0 Å². The van der Waals surface area contributed by atoms with E-state index in [1.165, 1.54) is 5.56 Å². The molecular weight excluding hydrogens is 350 g/mol. The van der Waals surface area contributed by atoms with Gasteiger partial charge in [-0.2, -0.15) is 0 Å². The molecule has 1 aliphatic heterocycles. The molecule has 1 amide bonds. The second-order valence-corrected chi connectivity index (χ2v) is 7.33. The van der Waals surface area contributed by atoms with Gasteiger partial charge in [0.2, 0.25) is 5.91 Å². The zero-order valence-electron chi connectivity index (χ0n) is 16.4. The summed E-state index contributed by atoms with van der Waals surface area (Å²) in [4.78, 5) is 18.7. The molecule has 1 aromatic carbocycles. The molecule has 0 aliphatic carbocycles. The first-order valence-corrected chi connectivity index (χ1v) is 9.75. The van der Waals surface area contributed by atoms with Gasteiger partial charge in [-0.1, -0.05) is 18.2 Å². The van der Waals surface area contributed by atoms with Crippen LogP contribution < -0.4 is 5.32 Å². The number of aryl methyl sites for hydroxylation is 2. The third-order valence-corrected chi connectivity index (χ3v) is 5.27. The quantitative estimate of drug-likeness (QED) is 0.680. The lowest BCUT2D eigenvalue weighted by Crippen LogP contribution is -2.24. The van der Waals surface area contributed by atoms with E-state index in [2.05, 4.69) is 16.4 Å². The molecule has 0 fully saturated rings. The molecule has 0 bridgehead atoms. The van der Waals surface area contributed by atoms with Gasteiger partial charge in [0.1, 0.15) is 17.2 Å². The first-order valence-electron chi connectivity index (χ1n) is 9.75. The van der Waals surface area contributed by atoms with Gasteiger partial charge in [-0.3, -0.25) is 4.79 Å². The minimum Gasteiger partial charge on any atom is -0.459 e. The number of para-hydroxylation sites is 1. The highest BCUT2D eigenvalue weighted by Crippen LogP contribution is 2.26. The van der Waals surface area contributed by atoms with Gasteiger partial charge >= 0.3 is 0 Å². The highest BCUT2D eigenvalue weighted by molar-refractivity contribution is 5.91. The van der Waals surface area contributed by atoms with E-state index in [9.17, 15) is 4.79 Å². The maximum atomic E-state index is 12.6. The van der Waals surface area contributed by atoms with Crippen LogP contribution in [0.4, 0.5) is 5.82 Å². The number of rotatable bonds is 4. The number of amides is 1. The average molecular weight is 375 g/mol. The Morgan fingerprint density at radius 2 is 2.18 bits per heavy atom. The number of carbonyl (C=O) groups is 1. The van der Waals surface area contributed by atoms with Crippen molar-refractivity contribution in [3.8, 4) is 0 Å². The number of likely N-dealkylation sites (N-methyl/N-ethyl adjacent to an activating group) is 1. The van der Waals surface area contributed by atoms with Crippen molar-refractivity contribution in [3.63, 3.8) is 0 Å². The van der Waals surface area contributed by atoms with Crippen LogP contribution in [0.2, 0.25) is 0 Å². The molecule has 0 radical (unpaired) electrons. The second kappa shape index (κ2) is 7.89. The van der Waals surface area contributed by atoms with Gasteiger partial charge in [-0.05, 0) is 55.5 Å². The Balaban J connectivity index is 1.45. The fraction of sp³-hybridized carbons (Fsp3) is 0.304. The summed E-state index contributed by atoms with van der Waals surface area (Å²) < 4.78 is 5.92. The van der Waals surface area contributed by atoms with Crippen molar-refractivity contribution < 1.29 is 9.21 Å². The Labute approximate surface area is 165 Å². The van der Waals surface area contributed by atoms with Gasteiger partial charge in [0.05, 0.1) is 6.54 Å². The lowest BCUT2D eigenvalue weighted by atomic mass is 10.1. The Morgan fingerprint density at radius 1 is 1.32 bits per heavy atom. The number of anilines is 1. The zero-order valence-corrected chi connectivity index (χ0v) is 16.4. The zero-order chi connectivity index (χ0) is 19.5. The summed E-state index contributed by atoms with van der Waals surface area (Å²) in [7, 11) is 1.79. The number of hydrogen-bond donors (Lipinski definition) is 1. The minimum atomic E-state index is -0.0621. The first kappa shape index (κ1) is 18.3. The van der Waals surface area contributed by atoms with Crippen LogP contribution in [0.25, 0.3) is 17.0 Å². The number of furan rings is 1. The third-order valence-electron chi connectivity index (χ3n) is 5.27. The molecule has 2 aromatic heterocycles. The van der Waals surface area contributed by atoms with Crippen LogP contribution in [-0.4, -0.2) is 29.4 Å². The lowest BCUT2D eigenvalue weighted by molar-refractivity contribution is -0.125. The number of nitrogens with zero attached hydrogens (tertiary/aromatic N) is 2. The van der Waals surface area contributed by atoms with E-state index < -0.39 is 0 Å². The van der Waals surface area contributed by atoms with Crippen molar-refractivity contribution in [2.24, 2.45) is 0 Å². The first-order chi connectivity index (χ1) is 13.6. The van der Waals surface area contributed by atoms with Crippen molar-refractivity contribution in [1.29, 1.82) is 0 Å². The normalized spacial score (nSPS) is 13.9. The molecule has 0 saturated heterocycles. The summed E-state index contributed by atoms with van der Waals surface area (Å²) in [6, 6.07) is 10.1. The number of carbonyl (C=O) groups excluding carboxylic acids is 1. The Morgan fingerprint density at radius 3 is 3.04 bits per heavy atom. The summed E-state index contributed by atoms with van der Waals surface area (Å²) in [6.45, 7) is 3.44. The van der Waals surface area contributed by atoms with Crippen LogP contribution in [-0.2, 0) is 17.8 Å². The van der Waals surface area contributed by atoms with Crippen LogP contribution >= 0.6 is 0 Å². The number of hydrogen-bond acceptors (Lipinski definition) is 4. The van der Waals surface area contributed by atoms with E-state index in [-0.39, 0.29) is 5.91 Å². The van der Waals surface area contributed by atoms with Gasteiger partial charge in [0.25, 0.3) is 0 Å². The molecule has 0 unspecified atom stereocenters. The average Bonchev–Trinajstić information content (AvgIpc) is 2.88. The maximum absolute atomic E-state index is 12.6. The summed E-state index contributed by atoms with van der Waals surface area (Å²) in [5, 5.41) is 4.45. The number of fused-ring (bicyclic) bond motifs is 2. The van der Waals surface area contributed by atoms with Crippen molar-refractivity contribution in [2.45, 2.75) is 32.7 Å². The Bertz CT molecular complexity index is 1040. The fourth-order valence-corrected chi connectivity index (χ4v) is 3.58. The summed E-state index contributed by atoms with van der Waals surface area (Å²) in [5.41, 5.74) is 4.11. The molecule has 1 N–H and O–H groups in total. The van der Waals surface area contributed by atoms with Crippen LogP contribution in [0, 0.1) is 6.92 Å². The monoisotopic (exact) mass is 375 g/mol. The van der Waals surface area contributed by atoms with Crippen molar-refractivity contribution in [2.75, 3.05) is 18.9 Å². The number of nitrogens with one attached hydrogen (secondary N) is 1. The molecule has 28 heavy (non-hydrogen) atoms. The largest absolute Gasteiger partial charge is 0.459 e. The molecule has 0 atom stereocenters. The predicted molar refractivity (Wildman–Crippen MR) is 112 cm³/mol.